The van der Waals surface area contributed by atoms with Crippen molar-refractivity contribution in [2.24, 2.45) is 0 Å². The number of carbonyl (C=O) groups excluding carboxylic acids is 1. The van der Waals surface area contributed by atoms with Crippen molar-refractivity contribution in [1.29, 1.82) is 0 Å². The zero-order chi connectivity index (χ0) is 15.8. The normalized spacial score (nSPS) is 15.8. The first-order valence-electron chi connectivity index (χ1n) is 8.00. The molecule has 2 N–H and O–H groups in total. The minimum Gasteiger partial charge on any atom is -0.484 e. The van der Waals surface area contributed by atoms with Crippen molar-refractivity contribution in [3.8, 4) is 5.75 Å². The second-order valence-electron chi connectivity index (χ2n) is 5.75. The Labute approximate surface area is 132 Å². The summed E-state index contributed by atoms with van der Waals surface area (Å²) in [6, 6.07) is 7.18. The van der Waals surface area contributed by atoms with Gasteiger partial charge in [-0.3, -0.25) is 4.79 Å². The fourth-order valence-corrected chi connectivity index (χ4v) is 2.56. The molecule has 1 amide bonds. The molecular weight excluding hydrogens is 278 g/mol. The lowest BCUT2D eigenvalue weighted by atomic mass is 9.97. The summed E-state index contributed by atoms with van der Waals surface area (Å²) in [7, 11) is 0. The molecule has 0 heterocycles. The third-order valence-electron chi connectivity index (χ3n) is 3.86. The summed E-state index contributed by atoms with van der Waals surface area (Å²) in [5, 5.41) is 12.4. The van der Waals surface area contributed by atoms with Crippen LogP contribution in [0.5, 0.6) is 5.75 Å². The number of aliphatic hydroxyl groups is 1. The number of carbonyl (C=O) groups is 1. The van der Waals surface area contributed by atoms with E-state index in [1.165, 1.54) is 31.3 Å². The fraction of sp³-hybridized carbons (Fsp3) is 0.500. The predicted octanol–water partition coefficient (Wildman–Crippen LogP) is 3.13. The zero-order valence-corrected chi connectivity index (χ0v) is 13.2. The van der Waals surface area contributed by atoms with Crippen molar-refractivity contribution in [3.63, 3.8) is 0 Å². The van der Waals surface area contributed by atoms with Crippen molar-refractivity contribution in [1.82, 2.24) is 5.32 Å². The molecule has 4 heteroatoms. The number of allylic oxidation sites excluding steroid dienone is 1. The Balaban J connectivity index is 1.69. The van der Waals surface area contributed by atoms with Crippen molar-refractivity contribution in [2.75, 3.05) is 13.2 Å². The molecule has 0 fully saturated rings. The standard InChI is InChI=1S/C18H25NO3/c1-14(20)16-8-5-9-17(12-16)22-13-18(21)19-11-10-15-6-3-2-4-7-15/h5-6,8-9,12,14,20H,2-4,7,10-11,13H2,1H3,(H,19,21). The van der Waals surface area contributed by atoms with Gasteiger partial charge in [0.1, 0.15) is 5.75 Å². The van der Waals surface area contributed by atoms with E-state index < -0.39 is 6.10 Å². The average Bonchev–Trinajstić information content (AvgIpc) is 2.54. The maximum absolute atomic E-state index is 11.8. The first kappa shape index (κ1) is 16.6. The SMILES string of the molecule is CC(O)c1cccc(OCC(=O)NCCC2=CCCCC2)c1. The Morgan fingerprint density at radius 1 is 1.41 bits per heavy atom. The highest BCUT2D eigenvalue weighted by molar-refractivity contribution is 5.77. The van der Waals surface area contributed by atoms with Gasteiger partial charge in [-0.15, -0.1) is 0 Å². The first-order chi connectivity index (χ1) is 10.6. The number of benzene rings is 1. The number of amides is 1. The fourth-order valence-electron chi connectivity index (χ4n) is 2.56. The van der Waals surface area contributed by atoms with Gasteiger partial charge in [-0.1, -0.05) is 23.8 Å². The molecule has 1 aromatic rings. The first-order valence-corrected chi connectivity index (χ1v) is 8.00. The molecule has 0 saturated heterocycles. The smallest absolute Gasteiger partial charge is 0.257 e. The van der Waals surface area contributed by atoms with Gasteiger partial charge in [-0.25, -0.2) is 0 Å². The van der Waals surface area contributed by atoms with Gasteiger partial charge in [-0.2, -0.15) is 0 Å². The summed E-state index contributed by atoms with van der Waals surface area (Å²) >= 11 is 0. The van der Waals surface area contributed by atoms with Gasteiger partial charge in [0.15, 0.2) is 6.61 Å². The van der Waals surface area contributed by atoms with Crippen LogP contribution < -0.4 is 10.1 Å². The van der Waals surface area contributed by atoms with Crippen LogP contribution in [0, 0.1) is 0 Å². The minimum absolute atomic E-state index is 0.00229. The monoisotopic (exact) mass is 303 g/mol. The van der Waals surface area contributed by atoms with Crippen LogP contribution >= 0.6 is 0 Å². The molecule has 4 nitrogen and oxygen atoms in total. The van der Waals surface area contributed by atoms with E-state index in [1.807, 2.05) is 12.1 Å². The highest BCUT2D eigenvalue weighted by atomic mass is 16.5. The molecular formula is C18H25NO3. The lowest BCUT2D eigenvalue weighted by Gasteiger charge is -2.13. The van der Waals surface area contributed by atoms with E-state index in [9.17, 15) is 9.90 Å². The maximum Gasteiger partial charge on any atom is 0.257 e. The Kier molecular flexibility index (Phi) is 6.46. The summed E-state index contributed by atoms with van der Waals surface area (Å²) in [6.07, 6.45) is 7.58. The van der Waals surface area contributed by atoms with E-state index in [4.69, 9.17) is 4.74 Å². The molecule has 0 aliphatic heterocycles. The predicted molar refractivity (Wildman–Crippen MR) is 86.7 cm³/mol. The number of hydrogen-bond acceptors (Lipinski definition) is 3. The number of ether oxygens (including phenoxy) is 1. The second kappa shape index (κ2) is 8.59. The molecule has 2 rings (SSSR count). The number of hydrogen-bond donors (Lipinski definition) is 2. The largest absolute Gasteiger partial charge is 0.484 e. The molecule has 1 unspecified atom stereocenters. The Morgan fingerprint density at radius 2 is 2.27 bits per heavy atom. The third kappa shape index (κ3) is 5.53. The number of aliphatic hydroxyl groups excluding tert-OH is 1. The van der Waals surface area contributed by atoms with E-state index in [0.29, 0.717) is 12.3 Å². The molecule has 0 spiro atoms. The molecule has 0 aromatic heterocycles. The van der Waals surface area contributed by atoms with Gasteiger partial charge in [0.2, 0.25) is 0 Å². The summed E-state index contributed by atoms with van der Waals surface area (Å²) in [4.78, 5) is 11.8. The summed E-state index contributed by atoms with van der Waals surface area (Å²) < 4.78 is 5.46. The Morgan fingerprint density at radius 3 is 3.00 bits per heavy atom. The maximum atomic E-state index is 11.8. The van der Waals surface area contributed by atoms with E-state index in [-0.39, 0.29) is 12.5 Å². The third-order valence-corrected chi connectivity index (χ3v) is 3.86. The van der Waals surface area contributed by atoms with Crippen LogP contribution in [0.2, 0.25) is 0 Å². The summed E-state index contributed by atoms with van der Waals surface area (Å²) in [5.74, 6) is 0.488. The van der Waals surface area contributed by atoms with Gasteiger partial charge in [0, 0.05) is 6.54 Å². The van der Waals surface area contributed by atoms with Crippen LogP contribution in [0.3, 0.4) is 0 Å². The molecule has 0 radical (unpaired) electrons. The van der Waals surface area contributed by atoms with Crippen LogP contribution in [0.25, 0.3) is 0 Å². The van der Waals surface area contributed by atoms with E-state index in [2.05, 4.69) is 11.4 Å². The number of nitrogens with one attached hydrogen (secondary N) is 1. The lowest BCUT2D eigenvalue weighted by Crippen LogP contribution is -2.30. The van der Waals surface area contributed by atoms with Crippen LogP contribution in [0.4, 0.5) is 0 Å². The van der Waals surface area contributed by atoms with Crippen LogP contribution in [0.1, 0.15) is 50.7 Å². The van der Waals surface area contributed by atoms with Crippen molar-refractivity contribution in [2.45, 2.75) is 45.1 Å². The Bertz CT molecular complexity index is 523. The number of rotatable bonds is 7. The van der Waals surface area contributed by atoms with E-state index in [0.717, 1.165) is 12.0 Å². The molecule has 22 heavy (non-hydrogen) atoms. The van der Waals surface area contributed by atoms with E-state index >= 15 is 0 Å². The average molecular weight is 303 g/mol. The molecule has 0 bridgehead atoms. The van der Waals surface area contributed by atoms with Gasteiger partial charge in [0.05, 0.1) is 6.10 Å². The van der Waals surface area contributed by atoms with E-state index in [1.54, 1.807) is 19.1 Å². The highest BCUT2D eigenvalue weighted by Crippen LogP contribution is 2.20. The van der Waals surface area contributed by atoms with Crippen LogP contribution in [0.15, 0.2) is 35.9 Å². The molecule has 0 saturated carbocycles. The zero-order valence-electron chi connectivity index (χ0n) is 13.2. The molecule has 1 aliphatic carbocycles. The van der Waals surface area contributed by atoms with Gasteiger partial charge in [0.25, 0.3) is 5.91 Å². The summed E-state index contributed by atoms with van der Waals surface area (Å²) in [6.45, 7) is 2.37. The second-order valence-corrected chi connectivity index (χ2v) is 5.75. The van der Waals surface area contributed by atoms with Gasteiger partial charge < -0.3 is 15.2 Å². The molecule has 1 aromatic carbocycles. The van der Waals surface area contributed by atoms with Gasteiger partial charge >= 0.3 is 0 Å². The van der Waals surface area contributed by atoms with Gasteiger partial charge in [-0.05, 0) is 56.7 Å². The molecule has 120 valence electrons. The quantitative estimate of drug-likeness (QED) is 0.761. The summed E-state index contributed by atoms with van der Waals surface area (Å²) in [5.41, 5.74) is 2.24. The lowest BCUT2D eigenvalue weighted by molar-refractivity contribution is -0.123. The molecule has 1 atom stereocenters. The topological polar surface area (TPSA) is 58.6 Å². The molecule has 1 aliphatic rings. The van der Waals surface area contributed by atoms with Crippen molar-refractivity contribution < 1.29 is 14.6 Å². The van der Waals surface area contributed by atoms with Crippen molar-refractivity contribution >= 4 is 5.91 Å². The van der Waals surface area contributed by atoms with Crippen LogP contribution in [-0.2, 0) is 4.79 Å². The highest BCUT2D eigenvalue weighted by Gasteiger charge is 2.07. The minimum atomic E-state index is -0.541. The van der Waals surface area contributed by atoms with Crippen LogP contribution in [-0.4, -0.2) is 24.2 Å². The van der Waals surface area contributed by atoms with Crippen molar-refractivity contribution in [3.05, 3.63) is 41.5 Å². The Hall–Kier alpha value is -1.81.